The summed E-state index contributed by atoms with van der Waals surface area (Å²) in [6.07, 6.45) is 0.934. The smallest absolute Gasteiger partial charge is 0.261 e. The zero-order chi connectivity index (χ0) is 14.0. The monoisotopic (exact) mass is 278 g/mol. The average molecular weight is 279 g/mol. The van der Waals surface area contributed by atoms with E-state index in [1.807, 2.05) is 31.2 Å². The van der Waals surface area contributed by atoms with E-state index in [0.29, 0.717) is 17.1 Å². The van der Waals surface area contributed by atoms with Gasteiger partial charge >= 0.3 is 0 Å². The number of halogens is 1. The van der Waals surface area contributed by atoms with E-state index in [9.17, 15) is 4.79 Å². The summed E-state index contributed by atoms with van der Waals surface area (Å²) >= 11 is 5.96. The van der Waals surface area contributed by atoms with Crippen molar-refractivity contribution in [3.8, 4) is 0 Å². The first-order valence-corrected chi connectivity index (χ1v) is 7.14. The SMILES string of the molecule is CC(C)CC(C)n1c(CCl)nc2ccccc2c1=O. The molecule has 2 rings (SSSR count). The molecule has 0 bridgehead atoms. The number of rotatable bonds is 4. The maximum Gasteiger partial charge on any atom is 0.261 e. The van der Waals surface area contributed by atoms with Crippen molar-refractivity contribution in [1.29, 1.82) is 0 Å². The van der Waals surface area contributed by atoms with Crippen LogP contribution in [-0.4, -0.2) is 9.55 Å². The van der Waals surface area contributed by atoms with Gasteiger partial charge in [0, 0.05) is 6.04 Å². The van der Waals surface area contributed by atoms with E-state index in [1.165, 1.54) is 0 Å². The van der Waals surface area contributed by atoms with Gasteiger partial charge in [0.05, 0.1) is 16.8 Å². The molecule has 0 fully saturated rings. The zero-order valence-electron chi connectivity index (χ0n) is 11.6. The normalized spacial score (nSPS) is 13.1. The highest BCUT2D eigenvalue weighted by Crippen LogP contribution is 2.19. The molecule has 1 heterocycles. The van der Waals surface area contributed by atoms with Gasteiger partial charge in [0.15, 0.2) is 0 Å². The number of aromatic nitrogens is 2. The Labute approximate surface area is 118 Å². The summed E-state index contributed by atoms with van der Waals surface area (Å²) in [5.41, 5.74) is 0.727. The minimum Gasteiger partial charge on any atom is -0.292 e. The molecule has 0 saturated heterocycles. The molecule has 0 aliphatic rings. The molecule has 0 N–H and O–H groups in total. The second-order valence-corrected chi connectivity index (χ2v) is 5.60. The number of para-hydroxylation sites is 1. The Kier molecular flexibility index (Phi) is 4.25. The lowest BCUT2D eigenvalue weighted by molar-refractivity contribution is 0.409. The molecule has 0 aliphatic heterocycles. The van der Waals surface area contributed by atoms with E-state index in [4.69, 9.17) is 11.6 Å². The summed E-state index contributed by atoms with van der Waals surface area (Å²) in [4.78, 5) is 17.1. The third-order valence-electron chi connectivity index (χ3n) is 3.25. The minimum atomic E-state index is 0.00870. The van der Waals surface area contributed by atoms with Gasteiger partial charge in [-0.1, -0.05) is 26.0 Å². The molecule has 1 aromatic carbocycles. The Hall–Kier alpha value is -1.35. The molecule has 0 spiro atoms. The van der Waals surface area contributed by atoms with Gasteiger partial charge in [-0.3, -0.25) is 9.36 Å². The molecule has 1 aromatic heterocycles. The molecular formula is C15H19ClN2O. The standard InChI is InChI=1S/C15H19ClN2O/c1-10(2)8-11(3)18-14(9-16)17-13-7-5-4-6-12(13)15(18)19/h4-7,10-11H,8-9H2,1-3H3. The number of nitrogens with zero attached hydrogens (tertiary/aromatic N) is 2. The molecule has 102 valence electrons. The van der Waals surface area contributed by atoms with Crippen LogP contribution >= 0.6 is 11.6 Å². The van der Waals surface area contributed by atoms with Crippen LogP contribution in [0.5, 0.6) is 0 Å². The van der Waals surface area contributed by atoms with Gasteiger partial charge in [-0.25, -0.2) is 4.98 Å². The minimum absolute atomic E-state index is 0.00870. The van der Waals surface area contributed by atoms with Crippen LogP contribution in [-0.2, 0) is 5.88 Å². The van der Waals surface area contributed by atoms with Gasteiger partial charge in [0.1, 0.15) is 5.82 Å². The highest BCUT2D eigenvalue weighted by molar-refractivity contribution is 6.16. The van der Waals surface area contributed by atoms with E-state index >= 15 is 0 Å². The van der Waals surface area contributed by atoms with Crippen molar-refractivity contribution in [2.24, 2.45) is 5.92 Å². The molecule has 0 radical (unpaired) electrons. The van der Waals surface area contributed by atoms with Crippen LogP contribution in [0.4, 0.5) is 0 Å². The first kappa shape index (κ1) is 14.1. The van der Waals surface area contributed by atoms with Gasteiger partial charge in [-0.05, 0) is 31.4 Å². The number of fused-ring (bicyclic) bond motifs is 1. The molecular weight excluding hydrogens is 260 g/mol. The van der Waals surface area contributed by atoms with Crippen molar-refractivity contribution in [2.45, 2.75) is 39.1 Å². The molecule has 2 aromatic rings. The third-order valence-corrected chi connectivity index (χ3v) is 3.49. The molecule has 1 atom stereocenters. The van der Waals surface area contributed by atoms with Crippen LogP contribution in [0.25, 0.3) is 10.9 Å². The predicted molar refractivity (Wildman–Crippen MR) is 79.7 cm³/mol. The van der Waals surface area contributed by atoms with Gasteiger partial charge in [-0.15, -0.1) is 11.6 Å². The Balaban J connectivity index is 2.64. The summed E-state index contributed by atoms with van der Waals surface area (Å²) < 4.78 is 1.75. The predicted octanol–water partition coefficient (Wildman–Crippen LogP) is 3.74. The van der Waals surface area contributed by atoms with Gasteiger partial charge in [0.2, 0.25) is 0 Å². The first-order chi connectivity index (χ1) is 9.04. The molecule has 19 heavy (non-hydrogen) atoms. The van der Waals surface area contributed by atoms with E-state index in [-0.39, 0.29) is 17.5 Å². The fraction of sp³-hybridized carbons (Fsp3) is 0.467. The highest BCUT2D eigenvalue weighted by atomic mass is 35.5. The Bertz CT molecular complexity index is 634. The lowest BCUT2D eigenvalue weighted by Gasteiger charge is -2.20. The number of hydrogen-bond acceptors (Lipinski definition) is 2. The van der Waals surface area contributed by atoms with Crippen molar-refractivity contribution in [3.05, 3.63) is 40.4 Å². The largest absolute Gasteiger partial charge is 0.292 e. The Morgan fingerprint density at radius 3 is 2.58 bits per heavy atom. The highest BCUT2D eigenvalue weighted by Gasteiger charge is 2.16. The first-order valence-electron chi connectivity index (χ1n) is 6.60. The van der Waals surface area contributed by atoms with Crippen molar-refractivity contribution in [1.82, 2.24) is 9.55 Å². The molecule has 0 saturated carbocycles. The summed E-state index contributed by atoms with van der Waals surface area (Å²) in [6.45, 7) is 6.35. The second-order valence-electron chi connectivity index (χ2n) is 5.33. The van der Waals surface area contributed by atoms with Crippen molar-refractivity contribution in [3.63, 3.8) is 0 Å². The average Bonchev–Trinajstić information content (AvgIpc) is 2.37. The van der Waals surface area contributed by atoms with Crippen LogP contribution < -0.4 is 5.56 Å². The van der Waals surface area contributed by atoms with E-state index in [0.717, 1.165) is 11.9 Å². The zero-order valence-corrected chi connectivity index (χ0v) is 12.3. The topological polar surface area (TPSA) is 34.9 Å². The van der Waals surface area contributed by atoms with Gasteiger partial charge < -0.3 is 0 Å². The Morgan fingerprint density at radius 1 is 1.26 bits per heavy atom. The summed E-state index contributed by atoms with van der Waals surface area (Å²) in [7, 11) is 0. The van der Waals surface area contributed by atoms with Crippen LogP contribution in [0, 0.1) is 5.92 Å². The molecule has 0 aliphatic carbocycles. The van der Waals surface area contributed by atoms with E-state index < -0.39 is 0 Å². The maximum absolute atomic E-state index is 12.6. The number of benzene rings is 1. The fourth-order valence-corrected chi connectivity index (χ4v) is 2.72. The summed E-state index contributed by atoms with van der Waals surface area (Å²) in [5, 5.41) is 0.659. The third kappa shape index (κ3) is 2.81. The summed E-state index contributed by atoms with van der Waals surface area (Å²) in [5.74, 6) is 1.43. The van der Waals surface area contributed by atoms with Crippen LogP contribution in [0.2, 0.25) is 0 Å². The van der Waals surface area contributed by atoms with E-state index in [2.05, 4.69) is 18.8 Å². The van der Waals surface area contributed by atoms with E-state index in [1.54, 1.807) is 4.57 Å². The Morgan fingerprint density at radius 2 is 1.95 bits per heavy atom. The summed E-state index contributed by atoms with van der Waals surface area (Å²) in [6, 6.07) is 7.53. The van der Waals surface area contributed by atoms with Crippen LogP contribution in [0.15, 0.2) is 29.1 Å². The lowest BCUT2D eigenvalue weighted by Crippen LogP contribution is -2.28. The van der Waals surface area contributed by atoms with Crippen molar-refractivity contribution in [2.75, 3.05) is 0 Å². The number of alkyl halides is 1. The second kappa shape index (κ2) is 5.74. The molecule has 1 unspecified atom stereocenters. The van der Waals surface area contributed by atoms with Crippen LogP contribution in [0.1, 0.15) is 39.1 Å². The molecule has 3 nitrogen and oxygen atoms in total. The molecule has 0 amide bonds. The van der Waals surface area contributed by atoms with Gasteiger partial charge in [-0.2, -0.15) is 0 Å². The van der Waals surface area contributed by atoms with Crippen molar-refractivity contribution >= 4 is 22.5 Å². The lowest BCUT2D eigenvalue weighted by atomic mass is 10.0. The number of hydrogen-bond donors (Lipinski definition) is 0. The maximum atomic E-state index is 12.6. The van der Waals surface area contributed by atoms with Crippen molar-refractivity contribution < 1.29 is 0 Å². The quantitative estimate of drug-likeness (QED) is 0.799. The van der Waals surface area contributed by atoms with Gasteiger partial charge in [0.25, 0.3) is 5.56 Å². The molecule has 4 heteroatoms. The van der Waals surface area contributed by atoms with Crippen LogP contribution in [0.3, 0.4) is 0 Å². The fourth-order valence-electron chi connectivity index (χ4n) is 2.53.